The molecule has 0 saturated carbocycles. The maximum absolute atomic E-state index is 12.0. The molecule has 0 saturated heterocycles. The zero-order chi connectivity index (χ0) is 11.5. The molecule has 1 amide bonds. The highest BCUT2D eigenvalue weighted by Gasteiger charge is 2.27. The predicted molar refractivity (Wildman–Crippen MR) is 61.1 cm³/mol. The van der Waals surface area contributed by atoms with Crippen molar-refractivity contribution in [2.24, 2.45) is 0 Å². The van der Waals surface area contributed by atoms with Gasteiger partial charge in [0, 0.05) is 30.9 Å². The van der Waals surface area contributed by atoms with Crippen LogP contribution in [0.2, 0.25) is 0 Å². The lowest BCUT2D eigenvalue weighted by atomic mass is 10.1. The van der Waals surface area contributed by atoms with Crippen molar-refractivity contribution < 1.29 is 4.79 Å². The standard InChI is InChI=1S/C11H15ClN2O/c1-11(2,8-12)14(3)10(15)9-4-6-13-7-5-9/h4-7H,8H2,1-3H3. The number of hydrogen-bond donors (Lipinski definition) is 0. The fraction of sp³-hybridized carbons (Fsp3) is 0.455. The summed E-state index contributed by atoms with van der Waals surface area (Å²) in [5.41, 5.74) is 0.285. The van der Waals surface area contributed by atoms with E-state index in [2.05, 4.69) is 4.98 Å². The number of hydrogen-bond acceptors (Lipinski definition) is 2. The predicted octanol–water partition coefficient (Wildman–Crippen LogP) is 2.17. The molecule has 4 heteroatoms. The summed E-state index contributed by atoms with van der Waals surface area (Å²) in [6.45, 7) is 3.86. The van der Waals surface area contributed by atoms with E-state index in [-0.39, 0.29) is 11.4 Å². The molecule has 3 nitrogen and oxygen atoms in total. The number of pyridine rings is 1. The van der Waals surface area contributed by atoms with Crippen molar-refractivity contribution in [2.45, 2.75) is 19.4 Å². The van der Waals surface area contributed by atoms with Crippen molar-refractivity contribution in [3.05, 3.63) is 30.1 Å². The summed E-state index contributed by atoms with van der Waals surface area (Å²) in [4.78, 5) is 17.5. The molecule has 0 aliphatic rings. The Labute approximate surface area is 95.1 Å². The number of amides is 1. The Morgan fingerprint density at radius 1 is 1.47 bits per heavy atom. The third-order valence-electron chi connectivity index (χ3n) is 2.47. The van der Waals surface area contributed by atoms with Crippen molar-refractivity contribution in [3.63, 3.8) is 0 Å². The van der Waals surface area contributed by atoms with E-state index in [1.807, 2.05) is 13.8 Å². The van der Waals surface area contributed by atoms with E-state index in [1.165, 1.54) is 0 Å². The minimum Gasteiger partial charge on any atom is -0.335 e. The first-order valence-corrected chi connectivity index (χ1v) is 5.26. The van der Waals surface area contributed by atoms with Gasteiger partial charge in [-0.1, -0.05) is 0 Å². The molecule has 0 aliphatic carbocycles. The van der Waals surface area contributed by atoms with Gasteiger partial charge in [-0.15, -0.1) is 11.6 Å². The Balaban J connectivity index is 2.87. The molecule has 1 rings (SSSR count). The van der Waals surface area contributed by atoms with Crippen LogP contribution in [0.1, 0.15) is 24.2 Å². The number of aromatic nitrogens is 1. The largest absolute Gasteiger partial charge is 0.335 e. The molecule has 82 valence electrons. The van der Waals surface area contributed by atoms with Gasteiger partial charge in [0.05, 0.1) is 5.54 Å². The normalized spacial score (nSPS) is 11.2. The van der Waals surface area contributed by atoms with Crippen molar-refractivity contribution in [2.75, 3.05) is 12.9 Å². The summed E-state index contributed by atoms with van der Waals surface area (Å²) in [5, 5.41) is 0. The highest BCUT2D eigenvalue weighted by Crippen LogP contribution is 2.16. The van der Waals surface area contributed by atoms with Gasteiger partial charge in [-0.05, 0) is 26.0 Å². The number of halogens is 1. The van der Waals surface area contributed by atoms with Crippen molar-refractivity contribution in [3.8, 4) is 0 Å². The van der Waals surface area contributed by atoms with Crippen LogP contribution in [0.3, 0.4) is 0 Å². The summed E-state index contributed by atoms with van der Waals surface area (Å²) in [6, 6.07) is 3.40. The van der Waals surface area contributed by atoms with Crippen LogP contribution in [-0.4, -0.2) is 34.3 Å². The van der Waals surface area contributed by atoms with Gasteiger partial charge >= 0.3 is 0 Å². The summed E-state index contributed by atoms with van der Waals surface area (Å²) >= 11 is 5.81. The molecule has 0 aliphatic heterocycles. The van der Waals surface area contributed by atoms with Crippen molar-refractivity contribution in [1.82, 2.24) is 9.88 Å². The summed E-state index contributed by atoms with van der Waals surface area (Å²) < 4.78 is 0. The zero-order valence-electron chi connectivity index (χ0n) is 9.20. The molecule has 0 atom stereocenters. The Bertz CT molecular complexity index is 338. The van der Waals surface area contributed by atoms with Gasteiger partial charge in [0.1, 0.15) is 0 Å². The summed E-state index contributed by atoms with van der Waals surface area (Å²) in [5.74, 6) is 0.364. The Morgan fingerprint density at radius 3 is 2.47 bits per heavy atom. The average Bonchev–Trinajstić information content (AvgIpc) is 2.28. The first-order chi connectivity index (χ1) is 6.99. The van der Waals surface area contributed by atoms with Crippen LogP contribution in [0.15, 0.2) is 24.5 Å². The van der Waals surface area contributed by atoms with Gasteiger partial charge in [0.25, 0.3) is 5.91 Å². The molecule has 1 heterocycles. The molecule has 0 bridgehead atoms. The van der Waals surface area contributed by atoms with E-state index in [1.54, 1.807) is 36.5 Å². The first kappa shape index (κ1) is 12.0. The highest BCUT2D eigenvalue weighted by molar-refractivity contribution is 6.18. The molecule has 0 aromatic carbocycles. The van der Waals surface area contributed by atoms with Gasteiger partial charge in [-0.2, -0.15) is 0 Å². The van der Waals surface area contributed by atoms with Crippen LogP contribution in [0, 0.1) is 0 Å². The van der Waals surface area contributed by atoms with Gasteiger partial charge in [-0.25, -0.2) is 0 Å². The topological polar surface area (TPSA) is 33.2 Å². The SMILES string of the molecule is CN(C(=O)c1ccncc1)C(C)(C)CCl. The second-order valence-corrected chi connectivity index (χ2v) is 4.31. The Kier molecular flexibility index (Phi) is 3.69. The lowest BCUT2D eigenvalue weighted by molar-refractivity contribution is 0.0660. The van der Waals surface area contributed by atoms with Gasteiger partial charge in [0.15, 0.2) is 0 Å². The van der Waals surface area contributed by atoms with E-state index in [9.17, 15) is 4.79 Å². The molecule has 1 aromatic rings. The van der Waals surface area contributed by atoms with Crippen molar-refractivity contribution >= 4 is 17.5 Å². The van der Waals surface area contributed by atoms with Crippen LogP contribution in [0.25, 0.3) is 0 Å². The fourth-order valence-corrected chi connectivity index (χ4v) is 1.23. The second-order valence-electron chi connectivity index (χ2n) is 4.05. The van der Waals surface area contributed by atoms with E-state index >= 15 is 0 Å². The maximum atomic E-state index is 12.0. The van der Waals surface area contributed by atoms with Crippen LogP contribution in [0.5, 0.6) is 0 Å². The Hall–Kier alpha value is -1.09. The number of nitrogens with zero attached hydrogens (tertiary/aromatic N) is 2. The third kappa shape index (κ3) is 2.69. The number of carbonyl (C=O) groups excluding carboxylic acids is 1. The van der Waals surface area contributed by atoms with E-state index in [0.29, 0.717) is 11.4 Å². The third-order valence-corrected chi connectivity index (χ3v) is 3.12. The average molecular weight is 227 g/mol. The molecular weight excluding hydrogens is 212 g/mol. The highest BCUT2D eigenvalue weighted by atomic mass is 35.5. The molecular formula is C11H15ClN2O. The van der Waals surface area contributed by atoms with E-state index < -0.39 is 0 Å². The van der Waals surface area contributed by atoms with Gasteiger partial charge in [-0.3, -0.25) is 9.78 Å². The quantitative estimate of drug-likeness (QED) is 0.741. The molecule has 0 spiro atoms. The number of carbonyl (C=O) groups is 1. The molecule has 0 radical (unpaired) electrons. The monoisotopic (exact) mass is 226 g/mol. The summed E-state index contributed by atoms with van der Waals surface area (Å²) in [7, 11) is 1.76. The minimum absolute atomic E-state index is 0.0388. The molecule has 1 aromatic heterocycles. The lowest BCUT2D eigenvalue weighted by Crippen LogP contribution is -2.46. The van der Waals surface area contributed by atoms with Crippen LogP contribution in [0.4, 0.5) is 0 Å². The Morgan fingerprint density at radius 2 is 2.00 bits per heavy atom. The fourth-order valence-electron chi connectivity index (χ4n) is 1.05. The molecule has 0 fully saturated rings. The van der Waals surface area contributed by atoms with E-state index in [0.717, 1.165) is 0 Å². The zero-order valence-corrected chi connectivity index (χ0v) is 9.95. The minimum atomic E-state index is -0.345. The maximum Gasteiger partial charge on any atom is 0.254 e. The molecule has 0 unspecified atom stereocenters. The smallest absolute Gasteiger partial charge is 0.254 e. The van der Waals surface area contributed by atoms with Crippen LogP contribution >= 0.6 is 11.6 Å². The molecule has 15 heavy (non-hydrogen) atoms. The molecule has 0 N–H and O–H groups in total. The van der Waals surface area contributed by atoms with Gasteiger partial charge < -0.3 is 4.90 Å². The summed E-state index contributed by atoms with van der Waals surface area (Å²) in [6.07, 6.45) is 3.21. The van der Waals surface area contributed by atoms with Gasteiger partial charge in [0.2, 0.25) is 0 Å². The second kappa shape index (κ2) is 4.62. The van der Waals surface area contributed by atoms with Crippen LogP contribution in [-0.2, 0) is 0 Å². The first-order valence-electron chi connectivity index (χ1n) is 4.73. The number of rotatable bonds is 3. The number of alkyl halides is 1. The lowest BCUT2D eigenvalue weighted by Gasteiger charge is -2.33. The van der Waals surface area contributed by atoms with E-state index in [4.69, 9.17) is 11.6 Å². The van der Waals surface area contributed by atoms with Crippen LogP contribution < -0.4 is 0 Å². The van der Waals surface area contributed by atoms with Crippen molar-refractivity contribution in [1.29, 1.82) is 0 Å².